The standard InChI is InChI=1S/C27H43NO8/c1-14-4-7-18-22(3,31)26(34)17(12-28(18)11-14)24(33)13-25-16(23(24,32)10-20(26)30)6-5-15-21(25,2)9-8-19(29)27(15,35)36-25/h14-20,29-35H,4-13H2,1-3H3/t14-,15-,16-,17-,18+,19-,20+,21+,22-,23-,24-,25+,26+,27-/m1/s1. The number of aliphatic hydroxyl groups is 7. The summed E-state index contributed by atoms with van der Waals surface area (Å²) in [5.74, 6) is -3.30. The van der Waals surface area contributed by atoms with Gasteiger partial charge in [-0.1, -0.05) is 13.8 Å². The summed E-state index contributed by atoms with van der Waals surface area (Å²) in [6.07, 6.45) is 0.752. The van der Waals surface area contributed by atoms with Gasteiger partial charge in [-0.25, -0.2) is 0 Å². The van der Waals surface area contributed by atoms with Crippen LogP contribution in [0.5, 0.6) is 0 Å². The first-order valence-corrected chi connectivity index (χ1v) is 14.0. The van der Waals surface area contributed by atoms with Crippen molar-refractivity contribution in [2.45, 2.75) is 124 Å². The van der Waals surface area contributed by atoms with E-state index in [9.17, 15) is 35.7 Å². The van der Waals surface area contributed by atoms with Gasteiger partial charge in [-0.3, -0.25) is 4.90 Å². The second kappa shape index (κ2) is 6.67. The van der Waals surface area contributed by atoms with Crippen molar-refractivity contribution in [3.8, 4) is 0 Å². The van der Waals surface area contributed by atoms with Crippen molar-refractivity contribution in [1.82, 2.24) is 4.90 Å². The average Bonchev–Trinajstić information content (AvgIpc) is 2.97. The van der Waals surface area contributed by atoms with E-state index in [-0.39, 0.29) is 31.3 Å². The normalized spacial score (nSPS) is 68.0. The van der Waals surface area contributed by atoms with Gasteiger partial charge >= 0.3 is 0 Å². The summed E-state index contributed by atoms with van der Waals surface area (Å²) in [6, 6.07) is -0.360. The van der Waals surface area contributed by atoms with Crippen LogP contribution in [-0.4, -0.2) is 106 Å². The first-order valence-electron chi connectivity index (χ1n) is 14.0. The van der Waals surface area contributed by atoms with Crippen LogP contribution in [0, 0.1) is 29.1 Å². The second-order valence-corrected chi connectivity index (χ2v) is 14.3. The zero-order valence-corrected chi connectivity index (χ0v) is 21.6. The molecule has 0 aromatic heterocycles. The number of hydrogen-bond acceptors (Lipinski definition) is 9. The summed E-state index contributed by atoms with van der Waals surface area (Å²) in [5.41, 5.74) is -9.07. The van der Waals surface area contributed by atoms with Crippen molar-refractivity contribution in [3.05, 3.63) is 0 Å². The summed E-state index contributed by atoms with van der Waals surface area (Å²) >= 11 is 0. The molecule has 9 nitrogen and oxygen atoms in total. The molecule has 0 amide bonds. The fourth-order valence-electron chi connectivity index (χ4n) is 11.3. The van der Waals surface area contributed by atoms with Gasteiger partial charge in [0.15, 0.2) is 5.79 Å². The average molecular weight is 510 g/mol. The molecule has 9 heteroatoms. The summed E-state index contributed by atoms with van der Waals surface area (Å²) in [4.78, 5) is 2.12. The molecule has 3 heterocycles. The first-order chi connectivity index (χ1) is 16.6. The maximum atomic E-state index is 12.7. The number of aliphatic hydroxyl groups excluding tert-OH is 2. The predicted molar refractivity (Wildman–Crippen MR) is 126 cm³/mol. The Bertz CT molecular complexity index is 995. The van der Waals surface area contributed by atoms with Crippen LogP contribution in [0.4, 0.5) is 0 Å². The Morgan fingerprint density at radius 1 is 0.778 bits per heavy atom. The van der Waals surface area contributed by atoms with Crippen LogP contribution in [0.25, 0.3) is 0 Å². The van der Waals surface area contributed by atoms with Crippen LogP contribution in [0.3, 0.4) is 0 Å². The monoisotopic (exact) mass is 509 g/mol. The van der Waals surface area contributed by atoms with Crippen LogP contribution in [0.1, 0.15) is 72.1 Å². The van der Waals surface area contributed by atoms with Gasteiger partial charge in [0.1, 0.15) is 28.5 Å². The van der Waals surface area contributed by atoms with E-state index >= 15 is 0 Å². The molecule has 0 aromatic rings. The van der Waals surface area contributed by atoms with Crippen LogP contribution >= 0.6 is 0 Å². The van der Waals surface area contributed by atoms with E-state index in [1.54, 1.807) is 6.92 Å². The van der Waals surface area contributed by atoms with Crippen molar-refractivity contribution >= 4 is 0 Å². The number of rotatable bonds is 0. The number of hydrogen-bond donors (Lipinski definition) is 7. The molecule has 7 N–H and O–H groups in total. The van der Waals surface area contributed by atoms with Gasteiger partial charge in [-0.05, 0) is 51.4 Å². The molecule has 0 aromatic carbocycles. The predicted octanol–water partition coefficient (Wildman–Crippen LogP) is -0.526. The van der Waals surface area contributed by atoms with Gasteiger partial charge in [0.25, 0.3) is 0 Å². The lowest BCUT2D eigenvalue weighted by molar-refractivity contribution is -0.354. The Morgan fingerprint density at radius 2 is 1.47 bits per heavy atom. The van der Waals surface area contributed by atoms with Gasteiger partial charge in [-0.2, -0.15) is 0 Å². The smallest absolute Gasteiger partial charge is 0.196 e. The van der Waals surface area contributed by atoms with Crippen molar-refractivity contribution in [3.63, 3.8) is 0 Å². The zero-order chi connectivity index (χ0) is 25.9. The fourth-order valence-corrected chi connectivity index (χ4v) is 11.3. The fraction of sp³-hybridized carbons (Fsp3) is 1.00. The van der Waals surface area contributed by atoms with Crippen molar-refractivity contribution < 1.29 is 40.5 Å². The minimum absolute atomic E-state index is 0.0208. The molecule has 4 aliphatic carbocycles. The van der Waals surface area contributed by atoms with E-state index in [2.05, 4.69) is 11.8 Å². The molecule has 3 aliphatic heterocycles. The van der Waals surface area contributed by atoms with Gasteiger partial charge in [0.05, 0.1) is 11.7 Å². The molecule has 4 bridgehead atoms. The molecule has 3 saturated heterocycles. The van der Waals surface area contributed by atoms with Gasteiger partial charge in [0, 0.05) is 55.1 Å². The largest absolute Gasteiger partial charge is 0.390 e. The third kappa shape index (κ3) is 2.27. The summed E-state index contributed by atoms with van der Waals surface area (Å²) in [7, 11) is 0. The molecule has 1 spiro atoms. The molecule has 0 radical (unpaired) electrons. The Morgan fingerprint density at radius 3 is 2.19 bits per heavy atom. The molecular formula is C27H43NO8. The Labute approximate surface area is 212 Å². The van der Waals surface area contributed by atoms with Crippen molar-refractivity contribution in [2.24, 2.45) is 29.1 Å². The van der Waals surface area contributed by atoms with E-state index in [1.807, 2.05) is 6.92 Å². The van der Waals surface area contributed by atoms with Crippen LogP contribution < -0.4 is 0 Å². The minimum Gasteiger partial charge on any atom is -0.390 e. The number of ether oxygens (including phenoxy) is 1. The highest BCUT2D eigenvalue weighted by molar-refractivity contribution is 5.37. The van der Waals surface area contributed by atoms with E-state index in [0.717, 1.165) is 6.42 Å². The molecule has 36 heavy (non-hydrogen) atoms. The van der Waals surface area contributed by atoms with Crippen LogP contribution in [0.2, 0.25) is 0 Å². The van der Waals surface area contributed by atoms with Gasteiger partial charge in [0.2, 0.25) is 0 Å². The van der Waals surface area contributed by atoms with E-state index in [4.69, 9.17) is 4.74 Å². The Hall–Kier alpha value is -0.360. The third-order valence-corrected chi connectivity index (χ3v) is 13.1. The molecular weight excluding hydrogens is 466 g/mol. The molecule has 7 fully saturated rings. The molecule has 204 valence electrons. The molecule has 4 saturated carbocycles. The van der Waals surface area contributed by atoms with Crippen LogP contribution in [0.15, 0.2) is 0 Å². The maximum Gasteiger partial charge on any atom is 0.196 e. The topological polar surface area (TPSA) is 154 Å². The van der Waals surface area contributed by atoms with E-state index in [0.29, 0.717) is 44.6 Å². The highest BCUT2D eigenvalue weighted by atomic mass is 16.7. The summed E-state index contributed by atoms with van der Waals surface area (Å²) in [5, 5.41) is 83.2. The highest BCUT2D eigenvalue weighted by Crippen LogP contribution is 2.78. The lowest BCUT2D eigenvalue weighted by atomic mass is 9.49. The molecule has 0 unspecified atom stereocenters. The van der Waals surface area contributed by atoms with Gasteiger partial charge in [-0.15, -0.1) is 0 Å². The maximum absolute atomic E-state index is 12.7. The quantitative estimate of drug-likeness (QED) is 0.228. The minimum atomic E-state index is -2.02. The molecule has 7 aliphatic rings. The summed E-state index contributed by atoms with van der Waals surface area (Å²) < 4.78 is 6.52. The Balaban J connectivity index is 1.39. The number of fused-ring (bicyclic) bond motifs is 5. The lowest BCUT2D eigenvalue weighted by Crippen LogP contribution is -2.85. The second-order valence-electron chi connectivity index (χ2n) is 14.3. The van der Waals surface area contributed by atoms with E-state index < -0.39 is 63.3 Å². The highest BCUT2D eigenvalue weighted by Gasteiger charge is 2.88. The van der Waals surface area contributed by atoms with E-state index in [1.165, 1.54) is 0 Å². The lowest BCUT2D eigenvalue weighted by Gasteiger charge is -2.68. The first kappa shape index (κ1) is 24.7. The SMILES string of the molecule is C[C@@H]1CC[C@@H]2N(C1)C[C@H]1[C@](O)([C@@H](O)C[C@@]3(O)[C@H]4CC[C@H]5[C@@]6(O)O[C@]4(C[C@@]13O)[C@@]5(C)CC[C@H]6O)[C@]2(C)O. The molecule has 7 rings (SSSR count). The number of nitrogens with zero attached hydrogens (tertiary/aromatic N) is 1. The Kier molecular flexibility index (Phi) is 4.57. The van der Waals surface area contributed by atoms with Crippen molar-refractivity contribution in [1.29, 1.82) is 0 Å². The van der Waals surface area contributed by atoms with Crippen molar-refractivity contribution in [2.75, 3.05) is 13.1 Å². The zero-order valence-electron chi connectivity index (χ0n) is 21.6. The van der Waals surface area contributed by atoms with Gasteiger partial charge < -0.3 is 40.5 Å². The number of piperidine rings is 2. The summed E-state index contributed by atoms with van der Waals surface area (Å²) in [6.45, 7) is 6.70. The molecule has 14 atom stereocenters. The van der Waals surface area contributed by atoms with Crippen LogP contribution in [-0.2, 0) is 4.74 Å². The third-order valence-electron chi connectivity index (χ3n) is 13.1.